The lowest BCUT2D eigenvalue weighted by molar-refractivity contribution is -0.123. The second-order valence-electron chi connectivity index (χ2n) is 8.95. The molecular weight excluding hydrogens is 378 g/mol. The molecule has 0 spiro atoms. The van der Waals surface area contributed by atoms with Crippen LogP contribution in [-0.2, 0) is 9.53 Å². The number of nitrogens with one attached hydrogen (secondary N) is 2. The molecule has 1 aliphatic rings. The van der Waals surface area contributed by atoms with Crippen LogP contribution in [0.2, 0.25) is 0 Å². The number of hydrogen-bond acceptors (Lipinski definition) is 4. The van der Waals surface area contributed by atoms with Gasteiger partial charge in [0.15, 0.2) is 0 Å². The van der Waals surface area contributed by atoms with Crippen molar-refractivity contribution in [1.29, 1.82) is 0 Å². The highest BCUT2D eigenvalue weighted by Gasteiger charge is 2.23. The molecule has 2 atom stereocenters. The van der Waals surface area contributed by atoms with Crippen molar-refractivity contribution in [3.05, 3.63) is 54.1 Å². The third kappa shape index (κ3) is 5.60. The number of hydrogen-bond donors (Lipinski definition) is 2. The average Bonchev–Trinajstić information content (AvgIpc) is 2.67. The first kappa shape index (κ1) is 21.8. The van der Waals surface area contributed by atoms with Crippen LogP contribution < -0.4 is 15.5 Å². The van der Waals surface area contributed by atoms with Gasteiger partial charge in [0.25, 0.3) is 5.91 Å². The third-order valence-electron chi connectivity index (χ3n) is 4.97. The monoisotopic (exact) mass is 409 g/mol. The SMILES string of the molecule is CC1CN(c2ccc(NC(=O)c3cccc(NC(=O)C(C)(C)C)c3)cc2)CC(C)O1. The molecule has 2 aromatic rings. The molecule has 2 aromatic carbocycles. The van der Waals surface area contributed by atoms with Crippen LogP contribution in [0.3, 0.4) is 0 Å². The van der Waals surface area contributed by atoms with Gasteiger partial charge in [-0.15, -0.1) is 0 Å². The lowest BCUT2D eigenvalue weighted by Crippen LogP contribution is -2.45. The maximum Gasteiger partial charge on any atom is 0.255 e. The summed E-state index contributed by atoms with van der Waals surface area (Å²) < 4.78 is 5.79. The van der Waals surface area contributed by atoms with Gasteiger partial charge in [-0.25, -0.2) is 0 Å². The minimum Gasteiger partial charge on any atom is -0.372 e. The van der Waals surface area contributed by atoms with Crippen molar-refractivity contribution in [3.8, 4) is 0 Å². The summed E-state index contributed by atoms with van der Waals surface area (Å²) in [7, 11) is 0. The minimum atomic E-state index is -0.504. The van der Waals surface area contributed by atoms with Gasteiger partial charge in [0, 0.05) is 41.1 Å². The minimum absolute atomic E-state index is 0.0950. The number of carbonyl (C=O) groups is 2. The van der Waals surface area contributed by atoms with Crippen LogP contribution in [0.4, 0.5) is 17.1 Å². The molecule has 2 unspecified atom stereocenters. The van der Waals surface area contributed by atoms with Crippen LogP contribution in [-0.4, -0.2) is 37.1 Å². The van der Waals surface area contributed by atoms with E-state index in [1.54, 1.807) is 24.3 Å². The molecule has 3 rings (SSSR count). The van der Waals surface area contributed by atoms with Crippen molar-refractivity contribution in [2.45, 2.75) is 46.8 Å². The Hall–Kier alpha value is -2.86. The van der Waals surface area contributed by atoms with Crippen LogP contribution in [0.1, 0.15) is 45.0 Å². The first-order valence-corrected chi connectivity index (χ1v) is 10.3. The molecule has 1 saturated heterocycles. The number of morpholine rings is 1. The third-order valence-corrected chi connectivity index (χ3v) is 4.97. The molecule has 1 fully saturated rings. The summed E-state index contributed by atoms with van der Waals surface area (Å²) in [4.78, 5) is 27.2. The Kier molecular flexibility index (Phi) is 6.46. The molecular formula is C24H31N3O3. The number of rotatable bonds is 4. The summed E-state index contributed by atoms with van der Waals surface area (Å²) in [6, 6.07) is 14.8. The molecule has 30 heavy (non-hydrogen) atoms. The van der Waals surface area contributed by atoms with Crippen molar-refractivity contribution < 1.29 is 14.3 Å². The molecule has 0 saturated carbocycles. The molecule has 2 N–H and O–H groups in total. The fourth-order valence-corrected chi connectivity index (χ4v) is 3.40. The highest BCUT2D eigenvalue weighted by Crippen LogP contribution is 2.23. The van der Waals surface area contributed by atoms with E-state index in [1.807, 2.05) is 45.0 Å². The number of ether oxygens (including phenoxy) is 1. The predicted octanol–water partition coefficient (Wildman–Crippen LogP) is 4.54. The van der Waals surface area contributed by atoms with E-state index < -0.39 is 5.41 Å². The van der Waals surface area contributed by atoms with E-state index in [2.05, 4.69) is 29.4 Å². The zero-order valence-corrected chi connectivity index (χ0v) is 18.4. The zero-order valence-electron chi connectivity index (χ0n) is 18.4. The number of nitrogens with zero attached hydrogens (tertiary/aromatic N) is 1. The highest BCUT2D eigenvalue weighted by atomic mass is 16.5. The van der Waals surface area contributed by atoms with Crippen molar-refractivity contribution >= 4 is 28.9 Å². The molecule has 160 valence electrons. The van der Waals surface area contributed by atoms with E-state index in [-0.39, 0.29) is 24.0 Å². The van der Waals surface area contributed by atoms with Crippen LogP contribution in [0.15, 0.2) is 48.5 Å². The van der Waals surface area contributed by atoms with Gasteiger partial charge in [0.1, 0.15) is 0 Å². The van der Waals surface area contributed by atoms with E-state index in [0.29, 0.717) is 11.3 Å². The largest absolute Gasteiger partial charge is 0.372 e. The quantitative estimate of drug-likeness (QED) is 0.778. The second-order valence-corrected chi connectivity index (χ2v) is 8.95. The highest BCUT2D eigenvalue weighted by molar-refractivity contribution is 6.05. The molecule has 2 amide bonds. The zero-order chi connectivity index (χ0) is 21.9. The summed E-state index contributed by atoms with van der Waals surface area (Å²) in [6.07, 6.45) is 0.387. The molecule has 0 bridgehead atoms. The van der Waals surface area contributed by atoms with E-state index >= 15 is 0 Å². The molecule has 1 heterocycles. The lowest BCUT2D eigenvalue weighted by atomic mass is 9.95. The fourth-order valence-electron chi connectivity index (χ4n) is 3.40. The Balaban J connectivity index is 1.65. The number of anilines is 3. The first-order valence-electron chi connectivity index (χ1n) is 10.3. The van der Waals surface area contributed by atoms with Crippen LogP contribution >= 0.6 is 0 Å². The van der Waals surface area contributed by atoms with Gasteiger partial charge >= 0.3 is 0 Å². The summed E-state index contributed by atoms with van der Waals surface area (Å²) in [6.45, 7) is 11.4. The molecule has 0 radical (unpaired) electrons. The standard InChI is InChI=1S/C24H31N3O3/c1-16-14-27(15-17(2)30-16)21-11-9-19(10-12-21)25-22(28)18-7-6-8-20(13-18)26-23(29)24(3,4)5/h6-13,16-17H,14-15H2,1-5H3,(H,25,28)(H,26,29). The fraction of sp³-hybridized carbons (Fsp3) is 0.417. The summed E-state index contributed by atoms with van der Waals surface area (Å²) in [5, 5.41) is 5.78. The normalized spacial score (nSPS) is 19.3. The van der Waals surface area contributed by atoms with Gasteiger partial charge in [-0.2, -0.15) is 0 Å². The van der Waals surface area contributed by atoms with Crippen LogP contribution in [0.25, 0.3) is 0 Å². The van der Waals surface area contributed by atoms with Gasteiger partial charge in [0.2, 0.25) is 5.91 Å². The molecule has 0 aliphatic carbocycles. The summed E-state index contributed by atoms with van der Waals surface area (Å²) in [5.41, 5.74) is 2.43. The van der Waals surface area contributed by atoms with E-state index in [9.17, 15) is 9.59 Å². The predicted molar refractivity (Wildman–Crippen MR) is 121 cm³/mol. The number of benzene rings is 2. The van der Waals surface area contributed by atoms with E-state index in [1.165, 1.54) is 0 Å². The van der Waals surface area contributed by atoms with E-state index in [0.717, 1.165) is 24.5 Å². The Morgan fingerprint density at radius 1 is 0.933 bits per heavy atom. The van der Waals surface area contributed by atoms with Gasteiger partial charge in [-0.05, 0) is 56.3 Å². The number of amides is 2. The second kappa shape index (κ2) is 8.88. The van der Waals surface area contributed by atoms with Crippen LogP contribution in [0, 0.1) is 5.41 Å². The topological polar surface area (TPSA) is 70.7 Å². The van der Waals surface area contributed by atoms with E-state index in [4.69, 9.17) is 4.74 Å². The maximum absolute atomic E-state index is 12.7. The summed E-state index contributed by atoms with van der Waals surface area (Å²) >= 11 is 0. The Labute approximate surface area is 178 Å². The molecule has 0 aromatic heterocycles. The Bertz CT molecular complexity index is 893. The smallest absolute Gasteiger partial charge is 0.255 e. The van der Waals surface area contributed by atoms with Gasteiger partial charge < -0.3 is 20.3 Å². The van der Waals surface area contributed by atoms with Crippen molar-refractivity contribution in [3.63, 3.8) is 0 Å². The van der Waals surface area contributed by atoms with Gasteiger partial charge in [0.05, 0.1) is 12.2 Å². The van der Waals surface area contributed by atoms with Crippen molar-refractivity contribution in [2.24, 2.45) is 5.41 Å². The number of carbonyl (C=O) groups excluding carboxylic acids is 2. The molecule has 6 nitrogen and oxygen atoms in total. The first-order chi connectivity index (χ1) is 14.1. The average molecular weight is 410 g/mol. The molecule has 1 aliphatic heterocycles. The Morgan fingerprint density at radius 3 is 2.17 bits per heavy atom. The lowest BCUT2D eigenvalue weighted by Gasteiger charge is -2.36. The van der Waals surface area contributed by atoms with Gasteiger partial charge in [-0.3, -0.25) is 9.59 Å². The molecule has 6 heteroatoms. The summed E-state index contributed by atoms with van der Waals surface area (Å²) in [5.74, 6) is -0.314. The van der Waals surface area contributed by atoms with Crippen LogP contribution in [0.5, 0.6) is 0 Å². The van der Waals surface area contributed by atoms with Crippen molar-refractivity contribution in [1.82, 2.24) is 0 Å². The Morgan fingerprint density at radius 2 is 1.57 bits per heavy atom. The maximum atomic E-state index is 12.7. The van der Waals surface area contributed by atoms with Gasteiger partial charge in [-0.1, -0.05) is 26.8 Å². The van der Waals surface area contributed by atoms with Crippen molar-refractivity contribution in [2.75, 3.05) is 28.6 Å².